The molecule has 0 saturated heterocycles. The number of rotatable bonds is 5. The molecule has 0 aliphatic rings. The van der Waals surface area contributed by atoms with Crippen molar-refractivity contribution in [1.29, 1.82) is 0 Å². The Labute approximate surface area is 190 Å². The van der Waals surface area contributed by atoms with Crippen LogP contribution in [0, 0.1) is 11.8 Å². The summed E-state index contributed by atoms with van der Waals surface area (Å²) in [5.41, 5.74) is 2.47. The SMILES string of the molecule is COc1cc(CC#Cc2cc3c(=O)n(Cc4ccc(S(C)(=O)=O)cc4)cnc3cn2)ccn1. The summed E-state index contributed by atoms with van der Waals surface area (Å²) in [6.45, 7) is 0.263. The molecule has 8 nitrogen and oxygen atoms in total. The molecule has 0 bridgehead atoms. The monoisotopic (exact) mass is 460 g/mol. The van der Waals surface area contributed by atoms with E-state index in [1.807, 2.05) is 12.1 Å². The molecule has 0 radical (unpaired) electrons. The van der Waals surface area contributed by atoms with Crippen LogP contribution in [0.15, 0.2) is 70.9 Å². The predicted octanol–water partition coefficient (Wildman–Crippen LogP) is 2.24. The normalized spacial score (nSPS) is 11.1. The fourth-order valence-electron chi connectivity index (χ4n) is 3.19. The maximum absolute atomic E-state index is 13.0. The molecule has 3 aromatic heterocycles. The minimum atomic E-state index is -3.27. The molecule has 4 aromatic rings. The lowest BCUT2D eigenvalue weighted by molar-refractivity contribution is 0.397. The van der Waals surface area contributed by atoms with Crippen LogP contribution in [0.5, 0.6) is 5.88 Å². The van der Waals surface area contributed by atoms with Gasteiger partial charge in [0, 0.05) is 24.9 Å². The smallest absolute Gasteiger partial charge is 0.261 e. The standard InChI is InChI=1S/C24H20N4O4S/c1-32-23-12-17(10-11-25-23)4-3-5-19-13-21-22(14-26-19)27-16-28(24(21)29)15-18-6-8-20(9-7-18)33(2,30)31/h6-14,16H,4,15H2,1-2H3. The summed E-state index contributed by atoms with van der Waals surface area (Å²) < 4.78 is 29.8. The average Bonchev–Trinajstić information content (AvgIpc) is 2.81. The first-order chi connectivity index (χ1) is 15.8. The Morgan fingerprint density at radius 3 is 2.55 bits per heavy atom. The van der Waals surface area contributed by atoms with Gasteiger partial charge in [-0.3, -0.25) is 9.36 Å². The van der Waals surface area contributed by atoms with Crippen LogP contribution in [0.25, 0.3) is 10.9 Å². The van der Waals surface area contributed by atoms with Gasteiger partial charge in [-0.05, 0) is 41.3 Å². The fraction of sp³-hybridized carbons (Fsp3) is 0.167. The Kier molecular flexibility index (Phi) is 6.20. The van der Waals surface area contributed by atoms with Crippen molar-refractivity contribution in [2.24, 2.45) is 0 Å². The third-order valence-electron chi connectivity index (χ3n) is 4.93. The second-order valence-corrected chi connectivity index (χ2v) is 9.38. The van der Waals surface area contributed by atoms with Crippen molar-refractivity contribution in [3.63, 3.8) is 0 Å². The van der Waals surface area contributed by atoms with Crippen molar-refractivity contribution in [2.45, 2.75) is 17.9 Å². The zero-order chi connectivity index (χ0) is 23.4. The van der Waals surface area contributed by atoms with Gasteiger partial charge < -0.3 is 4.74 Å². The van der Waals surface area contributed by atoms with Crippen molar-refractivity contribution < 1.29 is 13.2 Å². The predicted molar refractivity (Wildman–Crippen MR) is 124 cm³/mol. The van der Waals surface area contributed by atoms with E-state index in [1.54, 1.807) is 31.5 Å². The van der Waals surface area contributed by atoms with E-state index in [2.05, 4.69) is 26.8 Å². The Bertz CT molecular complexity index is 1550. The van der Waals surface area contributed by atoms with Gasteiger partial charge in [0.25, 0.3) is 5.56 Å². The molecule has 33 heavy (non-hydrogen) atoms. The number of benzene rings is 1. The van der Waals surface area contributed by atoms with Crippen LogP contribution in [0.3, 0.4) is 0 Å². The van der Waals surface area contributed by atoms with Crippen molar-refractivity contribution >= 4 is 20.7 Å². The van der Waals surface area contributed by atoms with E-state index in [0.717, 1.165) is 17.4 Å². The number of ether oxygens (including phenoxy) is 1. The molecule has 0 saturated carbocycles. The molecule has 0 fully saturated rings. The molecule has 3 heterocycles. The van der Waals surface area contributed by atoms with Gasteiger partial charge in [0.05, 0.1) is 42.0 Å². The van der Waals surface area contributed by atoms with E-state index in [4.69, 9.17) is 4.74 Å². The van der Waals surface area contributed by atoms with Crippen LogP contribution in [-0.2, 0) is 22.8 Å². The van der Waals surface area contributed by atoms with Gasteiger partial charge in [0.2, 0.25) is 5.88 Å². The van der Waals surface area contributed by atoms with Gasteiger partial charge in [-0.25, -0.2) is 23.4 Å². The molecule has 0 amide bonds. The average molecular weight is 461 g/mol. The van der Waals surface area contributed by atoms with E-state index in [9.17, 15) is 13.2 Å². The van der Waals surface area contributed by atoms with Crippen molar-refractivity contribution in [1.82, 2.24) is 19.5 Å². The van der Waals surface area contributed by atoms with E-state index in [1.165, 1.54) is 29.2 Å². The summed E-state index contributed by atoms with van der Waals surface area (Å²) in [5, 5.41) is 0.412. The second-order valence-electron chi connectivity index (χ2n) is 7.37. The molecule has 0 aliphatic heterocycles. The number of methoxy groups -OCH3 is 1. The molecule has 4 rings (SSSR count). The van der Waals surface area contributed by atoms with Crippen molar-refractivity contribution in [3.8, 4) is 17.7 Å². The first kappa shape index (κ1) is 22.2. The number of hydrogen-bond acceptors (Lipinski definition) is 7. The highest BCUT2D eigenvalue weighted by atomic mass is 32.2. The maximum Gasteiger partial charge on any atom is 0.261 e. The third kappa shape index (κ3) is 5.25. The number of sulfone groups is 1. The summed E-state index contributed by atoms with van der Waals surface area (Å²) in [6.07, 6.45) is 6.29. The van der Waals surface area contributed by atoms with Gasteiger partial charge in [0.15, 0.2) is 9.84 Å². The molecule has 0 N–H and O–H groups in total. The summed E-state index contributed by atoms with van der Waals surface area (Å²) in [4.78, 5) is 25.9. The zero-order valence-corrected chi connectivity index (χ0v) is 18.8. The van der Waals surface area contributed by atoms with Crippen LogP contribution >= 0.6 is 0 Å². The molecule has 0 spiro atoms. The highest BCUT2D eigenvalue weighted by Gasteiger charge is 2.09. The number of pyridine rings is 2. The first-order valence-electron chi connectivity index (χ1n) is 9.95. The highest BCUT2D eigenvalue weighted by Crippen LogP contribution is 2.12. The molecule has 1 aromatic carbocycles. The lowest BCUT2D eigenvalue weighted by Gasteiger charge is -2.07. The molecule has 9 heteroatoms. The summed E-state index contributed by atoms with van der Waals surface area (Å²) in [7, 11) is -1.72. The van der Waals surface area contributed by atoms with Gasteiger partial charge >= 0.3 is 0 Å². The van der Waals surface area contributed by atoms with Crippen LogP contribution in [0.4, 0.5) is 0 Å². The number of hydrogen-bond donors (Lipinski definition) is 0. The molecule has 0 aliphatic carbocycles. The largest absolute Gasteiger partial charge is 0.481 e. The van der Waals surface area contributed by atoms with E-state index >= 15 is 0 Å². The van der Waals surface area contributed by atoms with Gasteiger partial charge in [-0.15, -0.1) is 0 Å². The van der Waals surface area contributed by atoms with Gasteiger partial charge in [0.1, 0.15) is 5.69 Å². The third-order valence-corrected chi connectivity index (χ3v) is 6.06. The van der Waals surface area contributed by atoms with Crippen molar-refractivity contribution in [3.05, 3.63) is 88.4 Å². The fourth-order valence-corrected chi connectivity index (χ4v) is 3.82. The zero-order valence-electron chi connectivity index (χ0n) is 18.0. The summed E-state index contributed by atoms with van der Waals surface area (Å²) in [5.74, 6) is 6.56. The molecule has 166 valence electrons. The topological polar surface area (TPSA) is 104 Å². The first-order valence-corrected chi connectivity index (χ1v) is 11.8. The lowest BCUT2D eigenvalue weighted by atomic mass is 10.2. The molecular formula is C24H20N4O4S. The maximum atomic E-state index is 13.0. The Hall–Kier alpha value is -4.03. The van der Waals surface area contributed by atoms with E-state index < -0.39 is 9.84 Å². The van der Waals surface area contributed by atoms with Crippen LogP contribution in [0.2, 0.25) is 0 Å². The van der Waals surface area contributed by atoms with E-state index in [0.29, 0.717) is 28.9 Å². The summed E-state index contributed by atoms with van der Waals surface area (Å²) in [6, 6.07) is 11.7. The number of aromatic nitrogens is 4. The van der Waals surface area contributed by atoms with E-state index in [-0.39, 0.29) is 17.0 Å². The quantitative estimate of drug-likeness (QED) is 0.421. The lowest BCUT2D eigenvalue weighted by Crippen LogP contribution is -2.21. The Balaban J connectivity index is 1.58. The highest BCUT2D eigenvalue weighted by molar-refractivity contribution is 7.90. The minimum Gasteiger partial charge on any atom is -0.481 e. The van der Waals surface area contributed by atoms with Gasteiger partial charge in [-0.2, -0.15) is 0 Å². The van der Waals surface area contributed by atoms with Crippen LogP contribution in [-0.4, -0.2) is 41.3 Å². The van der Waals surface area contributed by atoms with Crippen molar-refractivity contribution in [2.75, 3.05) is 13.4 Å². The van der Waals surface area contributed by atoms with Crippen LogP contribution < -0.4 is 10.3 Å². The van der Waals surface area contributed by atoms with Gasteiger partial charge in [-0.1, -0.05) is 18.1 Å². The Morgan fingerprint density at radius 2 is 1.82 bits per heavy atom. The van der Waals surface area contributed by atoms with Crippen LogP contribution in [0.1, 0.15) is 16.8 Å². The molecule has 0 atom stereocenters. The Morgan fingerprint density at radius 1 is 1.03 bits per heavy atom. The summed E-state index contributed by atoms with van der Waals surface area (Å²) >= 11 is 0. The molecular weight excluding hydrogens is 440 g/mol. The second kappa shape index (κ2) is 9.22. The number of fused-ring (bicyclic) bond motifs is 1. The molecule has 0 unspecified atom stereocenters. The minimum absolute atomic E-state index is 0.225. The number of nitrogens with zero attached hydrogens (tertiary/aromatic N) is 4.